The molecule has 1 aliphatic carbocycles. The Morgan fingerprint density at radius 1 is 1.06 bits per heavy atom. The number of nitrogens with one attached hydrogen (secondary N) is 1. The third kappa shape index (κ3) is 5.63. The zero-order valence-electron chi connectivity index (χ0n) is 19.7. The Balaban J connectivity index is 1.21. The average Bonchev–Trinajstić information content (AvgIpc) is 3.34. The molecule has 3 atom stereocenters. The molecule has 0 amide bonds. The zero-order valence-corrected chi connectivity index (χ0v) is 19.7. The van der Waals surface area contributed by atoms with Gasteiger partial charge in [-0.1, -0.05) is 12.8 Å². The molecule has 8 heteroatoms. The smallest absolute Gasteiger partial charge is 0.295 e. The number of nitro benzene ring substituents is 1. The molecule has 2 fully saturated rings. The highest BCUT2D eigenvalue weighted by Crippen LogP contribution is 2.36. The van der Waals surface area contributed by atoms with Gasteiger partial charge in [0.25, 0.3) is 11.7 Å². The van der Waals surface area contributed by atoms with Crippen LogP contribution in [0, 0.1) is 27.8 Å². The highest BCUT2D eigenvalue weighted by molar-refractivity contribution is 5.57. The first-order valence-electron chi connectivity index (χ1n) is 12.5. The largest absolute Gasteiger partial charge is 0.424 e. The number of non-ortho nitro benzene ring substituents is 1. The second-order valence-corrected chi connectivity index (χ2v) is 9.80. The molecule has 1 saturated carbocycles. The van der Waals surface area contributed by atoms with Gasteiger partial charge in [-0.05, 0) is 80.3 Å². The van der Waals surface area contributed by atoms with Crippen molar-refractivity contribution < 1.29 is 13.7 Å². The highest BCUT2D eigenvalue weighted by Gasteiger charge is 2.30. The van der Waals surface area contributed by atoms with Crippen molar-refractivity contribution >= 4 is 17.4 Å². The van der Waals surface area contributed by atoms with Gasteiger partial charge in [0.2, 0.25) is 0 Å². The van der Waals surface area contributed by atoms with Crippen LogP contribution >= 0.6 is 0 Å². The average molecular weight is 479 g/mol. The Morgan fingerprint density at radius 3 is 2.60 bits per heavy atom. The van der Waals surface area contributed by atoms with E-state index >= 15 is 0 Å². The molecule has 1 aliphatic heterocycles. The second kappa shape index (κ2) is 10.5. The van der Waals surface area contributed by atoms with E-state index in [1.54, 1.807) is 30.5 Å². The van der Waals surface area contributed by atoms with E-state index in [0.29, 0.717) is 29.7 Å². The van der Waals surface area contributed by atoms with E-state index in [2.05, 4.69) is 15.2 Å². The minimum absolute atomic E-state index is 0.132. The lowest BCUT2D eigenvalue weighted by Crippen LogP contribution is -2.39. The Labute approximate surface area is 204 Å². The summed E-state index contributed by atoms with van der Waals surface area (Å²) >= 11 is 0. The summed E-state index contributed by atoms with van der Waals surface area (Å²) in [4.78, 5) is 17.4. The van der Waals surface area contributed by atoms with Gasteiger partial charge in [0.1, 0.15) is 5.82 Å². The van der Waals surface area contributed by atoms with E-state index in [1.807, 2.05) is 12.1 Å². The number of hydrogen-bond acceptors (Lipinski definition) is 6. The van der Waals surface area contributed by atoms with Gasteiger partial charge in [-0.3, -0.25) is 10.1 Å². The molecule has 2 aromatic carbocycles. The topological polar surface area (TPSA) is 84.4 Å². The maximum Gasteiger partial charge on any atom is 0.295 e. The fourth-order valence-corrected chi connectivity index (χ4v) is 5.63. The van der Waals surface area contributed by atoms with Crippen molar-refractivity contribution in [3.8, 4) is 11.3 Å². The van der Waals surface area contributed by atoms with Crippen LogP contribution in [0.25, 0.3) is 11.3 Å². The molecule has 2 heterocycles. The molecule has 0 radical (unpaired) electrons. The highest BCUT2D eigenvalue weighted by atomic mass is 19.1. The molecule has 3 aromatic rings. The van der Waals surface area contributed by atoms with Crippen LogP contribution in [0.15, 0.2) is 59.1 Å². The number of rotatable bonds is 7. The summed E-state index contributed by atoms with van der Waals surface area (Å²) in [5.41, 5.74) is 2.00. The first-order valence-corrected chi connectivity index (χ1v) is 12.5. The maximum atomic E-state index is 13.2. The van der Waals surface area contributed by atoms with Crippen LogP contribution in [0.2, 0.25) is 0 Å². The first-order chi connectivity index (χ1) is 17.0. The Kier molecular flexibility index (Phi) is 6.97. The Hall–Kier alpha value is -3.42. The number of oxazole rings is 1. The standard InChI is InChI=1S/C27H31FN4O3/c28-22-9-7-20(8-10-22)26-17-29-27(35-26)30-25-6-2-1-5-21(25)16-19-4-3-15-31(18-19)23-11-13-24(14-12-23)32(33)34/h7-14,17,19,21,25H,1-6,15-16,18H2,(H,29,30)/t19-,21+,25-/m1/s1. The fourth-order valence-electron chi connectivity index (χ4n) is 5.63. The van der Waals surface area contributed by atoms with Gasteiger partial charge in [0.15, 0.2) is 5.76 Å². The van der Waals surface area contributed by atoms with Crippen LogP contribution in [0.3, 0.4) is 0 Å². The Bertz CT molecular complexity index is 1130. The summed E-state index contributed by atoms with van der Waals surface area (Å²) in [6.07, 6.45) is 9.90. The lowest BCUT2D eigenvalue weighted by atomic mass is 9.77. The summed E-state index contributed by atoms with van der Waals surface area (Å²) in [7, 11) is 0. The van der Waals surface area contributed by atoms with E-state index < -0.39 is 0 Å². The van der Waals surface area contributed by atoms with E-state index in [1.165, 1.54) is 37.8 Å². The quantitative estimate of drug-likeness (QED) is 0.302. The van der Waals surface area contributed by atoms with E-state index in [0.717, 1.165) is 43.6 Å². The lowest BCUT2D eigenvalue weighted by molar-refractivity contribution is -0.384. The number of aromatic nitrogens is 1. The number of piperidine rings is 1. The zero-order chi connectivity index (χ0) is 24.2. The van der Waals surface area contributed by atoms with Crippen molar-refractivity contribution in [2.75, 3.05) is 23.3 Å². The molecule has 1 saturated heterocycles. The third-order valence-corrected chi connectivity index (χ3v) is 7.43. The molecule has 184 valence electrons. The SMILES string of the molecule is O=[N+]([O-])c1ccc(N2CCC[C@H](C[C@@H]3CCCC[C@H]3Nc3ncc(-c4ccc(F)cc4)o3)C2)cc1. The van der Waals surface area contributed by atoms with Crippen LogP contribution in [0.5, 0.6) is 0 Å². The van der Waals surface area contributed by atoms with Crippen molar-refractivity contribution in [2.45, 2.75) is 51.0 Å². The predicted molar refractivity (Wildman–Crippen MR) is 134 cm³/mol. The predicted octanol–water partition coefficient (Wildman–Crippen LogP) is 6.67. The van der Waals surface area contributed by atoms with Gasteiger partial charge in [-0.2, -0.15) is 0 Å². The van der Waals surface area contributed by atoms with Gasteiger partial charge in [-0.15, -0.1) is 0 Å². The summed E-state index contributed by atoms with van der Waals surface area (Å²) in [5.74, 6) is 1.50. The van der Waals surface area contributed by atoms with Crippen molar-refractivity contribution in [1.82, 2.24) is 4.98 Å². The van der Waals surface area contributed by atoms with Gasteiger partial charge < -0.3 is 14.6 Å². The van der Waals surface area contributed by atoms with Crippen molar-refractivity contribution in [1.29, 1.82) is 0 Å². The molecular weight excluding hydrogens is 447 g/mol. The van der Waals surface area contributed by atoms with Crippen molar-refractivity contribution in [3.63, 3.8) is 0 Å². The molecular formula is C27H31FN4O3. The molecule has 1 N–H and O–H groups in total. The van der Waals surface area contributed by atoms with Gasteiger partial charge in [0.05, 0.1) is 11.1 Å². The first kappa shape index (κ1) is 23.3. The summed E-state index contributed by atoms with van der Waals surface area (Å²) in [5, 5.41) is 14.5. The van der Waals surface area contributed by atoms with Crippen LogP contribution in [0.4, 0.5) is 21.8 Å². The molecule has 0 bridgehead atoms. The van der Waals surface area contributed by atoms with E-state index in [-0.39, 0.29) is 16.4 Å². The van der Waals surface area contributed by atoms with Crippen LogP contribution in [-0.2, 0) is 0 Å². The van der Waals surface area contributed by atoms with E-state index in [4.69, 9.17) is 4.42 Å². The van der Waals surface area contributed by atoms with E-state index in [9.17, 15) is 14.5 Å². The van der Waals surface area contributed by atoms with Crippen LogP contribution in [-0.4, -0.2) is 29.0 Å². The number of benzene rings is 2. The molecule has 0 unspecified atom stereocenters. The van der Waals surface area contributed by atoms with Crippen molar-refractivity contribution in [3.05, 3.63) is 70.7 Å². The minimum atomic E-state index is -0.352. The van der Waals surface area contributed by atoms with Gasteiger partial charge >= 0.3 is 0 Å². The number of halogens is 1. The number of nitrogens with zero attached hydrogens (tertiary/aromatic N) is 3. The molecule has 35 heavy (non-hydrogen) atoms. The molecule has 1 aromatic heterocycles. The number of nitro groups is 1. The van der Waals surface area contributed by atoms with Crippen LogP contribution < -0.4 is 10.2 Å². The molecule has 0 spiro atoms. The summed E-state index contributed by atoms with van der Waals surface area (Å²) in [6.45, 7) is 1.97. The third-order valence-electron chi connectivity index (χ3n) is 7.43. The second-order valence-electron chi connectivity index (χ2n) is 9.80. The summed E-state index contributed by atoms with van der Waals surface area (Å²) in [6, 6.07) is 14.0. The van der Waals surface area contributed by atoms with Crippen molar-refractivity contribution in [2.24, 2.45) is 11.8 Å². The van der Waals surface area contributed by atoms with Crippen LogP contribution in [0.1, 0.15) is 44.9 Å². The lowest BCUT2D eigenvalue weighted by Gasteiger charge is -2.39. The molecule has 7 nitrogen and oxygen atoms in total. The summed E-state index contributed by atoms with van der Waals surface area (Å²) < 4.78 is 19.2. The monoisotopic (exact) mass is 478 g/mol. The van der Waals surface area contributed by atoms with Gasteiger partial charge in [0, 0.05) is 42.5 Å². The van der Waals surface area contributed by atoms with Gasteiger partial charge in [-0.25, -0.2) is 9.37 Å². The minimum Gasteiger partial charge on any atom is -0.424 e. The molecule has 5 rings (SSSR count). The molecule has 2 aliphatic rings. The fraction of sp³-hybridized carbons (Fsp3) is 0.444. The maximum absolute atomic E-state index is 13.2. The normalized spacial score (nSPS) is 22.7. The number of anilines is 2. The Morgan fingerprint density at radius 2 is 1.83 bits per heavy atom. The number of hydrogen-bond donors (Lipinski definition) is 1.